The van der Waals surface area contributed by atoms with E-state index >= 15 is 4.39 Å². The number of carbonyl (C=O) groups excluding carboxylic acids is 1. The molecule has 1 N–H and O–H groups in total. The zero-order valence-electron chi connectivity index (χ0n) is 19.7. The lowest BCUT2D eigenvalue weighted by Gasteiger charge is -2.19. The first-order valence-corrected chi connectivity index (χ1v) is 12.9. The normalized spacial score (nSPS) is 15.3. The quantitative estimate of drug-likeness (QED) is 0.447. The summed E-state index contributed by atoms with van der Waals surface area (Å²) in [6, 6.07) is 8.52. The average Bonchev–Trinajstić information content (AvgIpc) is 3.67. The first-order chi connectivity index (χ1) is 17.0. The maximum Gasteiger partial charge on any atom is 0.291 e. The third kappa shape index (κ3) is 4.94. The number of halogens is 4. The molecule has 1 atom stereocenters. The van der Waals surface area contributed by atoms with Gasteiger partial charge in [-0.2, -0.15) is 8.78 Å². The van der Waals surface area contributed by atoms with E-state index in [1.54, 1.807) is 19.1 Å². The predicted octanol–water partition coefficient (Wildman–Crippen LogP) is 5.20. The Kier molecular flexibility index (Phi) is 7.07. The largest absolute Gasteiger partial charge is 0.344 e. The predicted molar refractivity (Wildman–Crippen MR) is 128 cm³/mol. The van der Waals surface area contributed by atoms with Gasteiger partial charge in [-0.1, -0.05) is 35.9 Å². The van der Waals surface area contributed by atoms with Crippen LogP contribution in [0.1, 0.15) is 51.8 Å². The van der Waals surface area contributed by atoms with Gasteiger partial charge in [0.2, 0.25) is 0 Å². The Labute approximate surface area is 211 Å². The van der Waals surface area contributed by atoms with Gasteiger partial charge < -0.3 is 5.32 Å². The number of hydrogen-bond acceptors (Lipinski definition) is 6. The highest BCUT2D eigenvalue weighted by Gasteiger charge is 2.37. The molecule has 0 radical (unpaired) electrons. The van der Waals surface area contributed by atoms with E-state index < -0.39 is 50.2 Å². The molecule has 4 rings (SSSR count). The summed E-state index contributed by atoms with van der Waals surface area (Å²) < 4.78 is 63.0. The molecule has 1 amide bonds. The van der Waals surface area contributed by atoms with Crippen LogP contribution in [0.25, 0.3) is 0 Å². The second-order valence-corrected chi connectivity index (χ2v) is 11.2. The fourth-order valence-corrected chi connectivity index (χ4v) is 5.89. The number of alkyl halides is 2. The number of aromatic nitrogens is 3. The minimum Gasteiger partial charge on any atom is -0.344 e. The Balaban J connectivity index is 1.70. The number of amides is 1. The van der Waals surface area contributed by atoms with Crippen LogP contribution in [0.15, 0.2) is 50.7 Å². The lowest BCUT2D eigenvalue weighted by atomic mass is 10.1. The van der Waals surface area contributed by atoms with Gasteiger partial charge in [-0.05, 0) is 55.9 Å². The summed E-state index contributed by atoms with van der Waals surface area (Å²) in [7, 11) is -2.61. The summed E-state index contributed by atoms with van der Waals surface area (Å²) >= 11 is 5.98. The lowest BCUT2D eigenvalue weighted by molar-refractivity contribution is -0.00246. The molecule has 1 aromatic heterocycles. The third-order valence-electron chi connectivity index (χ3n) is 5.79. The number of benzene rings is 2. The van der Waals surface area contributed by atoms with Crippen molar-refractivity contribution < 1.29 is 22.2 Å². The van der Waals surface area contributed by atoms with Crippen LogP contribution >= 0.6 is 11.6 Å². The van der Waals surface area contributed by atoms with Crippen LogP contribution in [-0.4, -0.2) is 38.9 Å². The average molecular weight is 538 g/mol. The molecule has 1 unspecified atom stereocenters. The van der Waals surface area contributed by atoms with Crippen molar-refractivity contribution in [2.24, 2.45) is 4.36 Å². The van der Waals surface area contributed by atoms with Gasteiger partial charge in [0, 0.05) is 12.6 Å². The van der Waals surface area contributed by atoms with Gasteiger partial charge >= 0.3 is 0 Å². The topological polar surface area (TPSA) is 97.2 Å². The number of rotatable bonds is 7. The highest BCUT2D eigenvalue weighted by Crippen LogP contribution is 2.43. The van der Waals surface area contributed by atoms with Gasteiger partial charge in [-0.3, -0.25) is 4.79 Å². The molecule has 1 aliphatic carbocycles. The first kappa shape index (κ1) is 26.0. The highest BCUT2D eigenvalue weighted by molar-refractivity contribution is 7.93. The van der Waals surface area contributed by atoms with Crippen LogP contribution in [0.4, 0.5) is 13.2 Å². The van der Waals surface area contributed by atoms with Crippen molar-refractivity contribution in [2.75, 3.05) is 13.6 Å². The van der Waals surface area contributed by atoms with Gasteiger partial charge in [0.05, 0.1) is 16.5 Å². The second-order valence-electron chi connectivity index (χ2n) is 8.53. The van der Waals surface area contributed by atoms with Crippen molar-refractivity contribution in [3.8, 4) is 0 Å². The van der Waals surface area contributed by atoms with Crippen LogP contribution < -0.4 is 5.32 Å². The van der Waals surface area contributed by atoms with Crippen molar-refractivity contribution >= 4 is 27.2 Å². The Morgan fingerprint density at radius 3 is 2.58 bits per heavy atom. The van der Waals surface area contributed by atoms with Gasteiger partial charge in [-0.15, -0.1) is 10.2 Å². The van der Waals surface area contributed by atoms with E-state index in [0.717, 1.165) is 12.8 Å². The van der Waals surface area contributed by atoms with Gasteiger partial charge in [0.15, 0.2) is 10.7 Å². The van der Waals surface area contributed by atoms with E-state index in [0.29, 0.717) is 11.1 Å². The van der Waals surface area contributed by atoms with E-state index in [2.05, 4.69) is 24.9 Å². The maximum atomic E-state index is 15.4. The van der Waals surface area contributed by atoms with Gasteiger partial charge in [0.1, 0.15) is 21.4 Å². The summed E-state index contributed by atoms with van der Waals surface area (Å²) in [5.41, 5.74) is 0.114. The van der Waals surface area contributed by atoms with E-state index in [4.69, 9.17) is 11.6 Å². The summed E-state index contributed by atoms with van der Waals surface area (Å²) in [6.07, 6.45) is 1.62. The Bertz CT molecular complexity index is 1470. The van der Waals surface area contributed by atoms with Gasteiger partial charge in [0.25, 0.3) is 11.8 Å². The molecule has 0 saturated heterocycles. The maximum absolute atomic E-state index is 15.4. The molecule has 36 heavy (non-hydrogen) atoms. The molecule has 7 nitrogen and oxygen atoms in total. The zero-order chi connectivity index (χ0) is 26.3. The van der Waals surface area contributed by atoms with Crippen LogP contribution in [0.2, 0.25) is 5.02 Å². The fourth-order valence-electron chi connectivity index (χ4n) is 3.76. The molecule has 1 saturated carbocycles. The molecular formula is C24H23ClF3N5O2S. The molecule has 1 aliphatic rings. The smallest absolute Gasteiger partial charge is 0.291 e. The van der Waals surface area contributed by atoms with Crippen LogP contribution in [0.5, 0.6) is 0 Å². The van der Waals surface area contributed by atoms with E-state index in [-0.39, 0.29) is 21.7 Å². The molecule has 1 fully saturated rings. The third-order valence-corrected chi connectivity index (χ3v) is 8.33. The molecule has 1 heterocycles. The SMILES string of the molecule is CN=S(=O)(c1cccc(C2CC2)c1F)c1nnc(C)nc1C(=O)NCC(F)(F)c1ccc(C)cc1Cl. The summed E-state index contributed by atoms with van der Waals surface area (Å²) in [4.78, 5) is 16.8. The van der Waals surface area contributed by atoms with E-state index in [9.17, 15) is 17.8 Å². The van der Waals surface area contributed by atoms with Crippen molar-refractivity contribution in [3.63, 3.8) is 0 Å². The summed E-state index contributed by atoms with van der Waals surface area (Å²) in [5, 5.41) is 9.09. The minimum absolute atomic E-state index is 0.0197. The molecule has 12 heteroatoms. The Hall–Kier alpha value is -3.05. The van der Waals surface area contributed by atoms with Crippen LogP contribution in [0, 0.1) is 19.7 Å². The summed E-state index contributed by atoms with van der Waals surface area (Å²) in [5.74, 6) is -5.25. The first-order valence-electron chi connectivity index (χ1n) is 11.1. The monoisotopic (exact) mass is 537 g/mol. The second kappa shape index (κ2) is 9.78. The standard InChI is InChI=1S/C24H23ClF3N5O2S/c1-13-7-10-17(18(25)11-13)24(27,28)12-30-22(34)21-23(33-32-14(2)31-21)36(35,29-3)19-6-4-5-16(20(19)26)15-8-9-15/h4-7,10-11,15H,8-9,12H2,1-3H3,(H,30,34). The van der Waals surface area contributed by atoms with Crippen molar-refractivity contribution in [2.45, 2.75) is 48.5 Å². The molecule has 3 aromatic rings. The number of nitrogens with one attached hydrogen (secondary N) is 1. The minimum atomic E-state index is -3.81. The summed E-state index contributed by atoms with van der Waals surface area (Å²) in [6.45, 7) is 2.02. The Morgan fingerprint density at radius 1 is 1.22 bits per heavy atom. The lowest BCUT2D eigenvalue weighted by Crippen LogP contribution is -2.36. The van der Waals surface area contributed by atoms with Crippen molar-refractivity contribution in [3.05, 3.63) is 75.4 Å². The van der Waals surface area contributed by atoms with E-state index in [1.807, 2.05) is 0 Å². The van der Waals surface area contributed by atoms with Crippen molar-refractivity contribution in [1.29, 1.82) is 0 Å². The molecule has 0 spiro atoms. The molecular weight excluding hydrogens is 515 g/mol. The van der Waals surface area contributed by atoms with Crippen LogP contribution in [-0.2, 0) is 15.7 Å². The zero-order valence-corrected chi connectivity index (χ0v) is 21.3. The number of aryl methyl sites for hydroxylation is 2. The molecule has 0 bridgehead atoms. The number of nitrogens with zero attached hydrogens (tertiary/aromatic N) is 4. The highest BCUT2D eigenvalue weighted by atomic mass is 35.5. The molecule has 2 aromatic carbocycles. The fraction of sp³-hybridized carbons (Fsp3) is 0.333. The van der Waals surface area contributed by atoms with Gasteiger partial charge in [-0.25, -0.2) is 17.9 Å². The van der Waals surface area contributed by atoms with E-state index in [1.165, 1.54) is 38.2 Å². The van der Waals surface area contributed by atoms with Crippen LogP contribution in [0.3, 0.4) is 0 Å². The molecule has 190 valence electrons. The number of hydrogen-bond donors (Lipinski definition) is 1. The Morgan fingerprint density at radius 2 is 1.94 bits per heavy atom. The molecule has 0 aliphatic heterocycles. The number of carbonyl (C=O) groups is 1. The van der Waals surface area contributed by atoms with Crippen molar-refractivity contribution in [1.82, 2.24) is 20.5 Å².